The summed E-state index contributed by atoms with van der Waals surface area (Å²) in [5.74, 6) is -1.86. The van der Waals surface area contributed by atoms with Crippen LogP contribution in [-0.4, -0.2) is 89.8 Å². The minimum atomic E-state index is -2.26. The van der Waals surface area contributed by atoms with Crippen molar-refractivity contribution in [1.82, 2.24) is 20.3 Å². The molecule has 1 saturated heterocycles. The Morgan fingerprint density at radius 1 is 1.18 bits per heavy atom. The molecule has 1 amide bonds. The number of nitrogens with zero attached hydrogens (tertiary/aromatic N) is 3. The van der Waals surface area contributed by atoms with Gasteiger partial charge in [0.1, 0.15) is 29.8 Å². The molecule has 5 atom stereocenters. The van der Waals surface area contributed by atoms with E-state index in [-0.39, 0.29) is 18.2 Å². The van der Waals surface area contributed by atoms with Crippen LogP contribution in [0.1, 0.15) is 28.5 Å². The van der Waals surface area contributed by atoms with Crippen LogP contribution in [0.2, 0.25) is 0 Å². The van der Waals surface area contributed by atoms with Gasteiger partial charge in [-0.25, -0.2) is 4.68 Å². The summed E-state index contributed by atoms with van der Waals surface area (Å²) in [6.07, 6.45) is -3.29. The molecule has 38 heavy (non-hydrogen) atoms. The maximum Gasteiger partial charge on any atom is 0.251 e. The summed E-state index contributed by atoms with van der Waals surface area (Å²) in [6.45, 7) is 1.76. The normalized spacial score (nSPS) is 27.2. The van der Waals surface area contributed by atoms with Crippen LogP contribution in [0.3, 0.4) is 0 Å². The fourth-order valence-corrected chi connectivity index (χ4v) is 4.58. The second-order valence-electron chi connectivity index (χ2n) is 9.45. The Morgan fingerprint density at radius 3 is 2.55 bits per heavy atom. The van der Waals surface area contributed by atoms with Gasteiger partial charge in [-0.05, 0) is 47.9 Å². The molecule has 0 aliphatic carbocycles. The number of amides is 1. The van der Waals surface area contributed by atoms with Gasteiger partial charge in [0.15, 0.2) is 5.60 Å². The van der Waals surface area contributed by atoms with Crippen LogP contribution >= 0.6 is 0 Å². The molecule has 4 rings (SSSR count). The molecule has 0 spiro atoms. The van der Waals surface area contributed by atoms with E-state index >= 15 is 0 Å². The maximum absolute atomic E-state index is 12.0. The third kappa shape index (κ3) is 5.01. The number of nitrogens with one attached hydrogen (secondary N) is 1. The Labute approximate surface area is 219 Å². The Kier molecular flexibility index (Phi) is 7.83. The van der Waals surface area contributed by atoms with Gasteiger partial charge in [-0.1, -0.05) is 23.4 Å². The smallest absolute Gasteiger partial charge is 0.251 e. The van der Waals surface area contributed by atoms with E-state index in [1.165, 1.54) is 17.8 Å². The lowest BCUT2D eigenvalue weighted by molar-refractivity contribution is -0.374. The van der Waals surface area contributed by atoms with Crippen molar-refractivity contribution in [2.24, 2.45) is 0 Å². The molecule has 0 bridgehead atoms. The second-order valence-corrected chi connectivity index (χ2v) is 9.45. The first-order valence-corrected chi connectivity index (χ1v) is 12.0. The highest BCUT2D eigenvalue weighted by molar-refractivity contribution is 5.95. The summed E-state index contributed by atoms with van der Waals surface area (Å²) in [5, 5.41) is 62.5. The van der Waals surface area contributed by atoms with Crippen molar-refractivity contribution in [3.63, 3.8) is 0 Å². The summed E-state index contributed by atoms with van der Waals surface area (Å²) in [5.41, 5.74) is 0.769. The Hall–Kier alpha value is -3.39. The number of hydrogen-bond acceptors (Lipinski definition) is 10. The molecule has 1 aliphatic heterocycles. The number of carbonyl (C=O) groups is 1. The molecule has 0 saturated carbocycles. The number of benzene rings is 2. The molecule has 12 nitrogen and oxygen atoms in total. The van der Waals surface area contributed by atoms with Gasteiger partial charge >= 0.3 is 0 Å². The quantitative estimate of drug-likeness (QED) is 0.228. The lowest BCUT2D eigenvalue weighted by Gasteiger charge is -2.53. The second kappa shape index (κ2) is 10.8. The van der Waals surface area contributed by atoms with Gasteiger partial charge < -0.3 is 40.3 Å². The standard InChI is InChI=1S/C26H32N4O8/c1-15-9-17(16-5-4-6-18(10-16)24(35)27-3)7-8-20(15)37-25(2)26(36,14-30-11-19(12-31)28-29-30)23(34)22(33)21(13-32)38-25/h4-11,21-23,31-34,36H,12-14H2,1-3H3,(H,27,35)/t21-,22-,23+,25-,26+/m1/s1. The van der Waals surface area contributed by atoms with Crippen molar-refractivity contribution >= 4 is 5.91 Å². The lowest BCUT2D eigenvalue weighted by atomic mass is 9.80. The summed E-state index contributed by atoms with van der Waals surface area (Å²) in [7, 11) is 1.56. The largest absolute Gasteiger partial charge is 0.459 e. The van der Waals surface area contributed by atoms with E-state index in [0.717, 1.165) is 11.1 Å². The Bertz CT molecular complexity index is 1300. The van der Waals surface area contributed by atoms with Gasteiger partial charge in [-0.15, -0.1) is 5.10 Å². The number of aliphatic hydroxyl groups is 5. The zero-order chi connectivity index (χ0) is 27.7. The van der Waals surface area contributed by atoms with Crippen molar-refractivity contribution in [3.05, 3.63) is 65.5 Å². The first-order chi connectivity index (χ1) is 18.0. The number of carbonyl (C=O) groups excluding carboxylic acids is 1. The lowest BCUT2D eigenvalue weighted by Crippen LogP contribution is -2.75. The fraction of sp³-hybridized carbons (Fsp3) is 0.423. The van der Waals surface area contributed by atoms with E-state index in [1.54, 1.807) is 44.3 Å². The first-order valence-electron chi connectivity index (χ1n) is 12.0. The van der Waals surface area contributed by atoms with Crippen molar-refractivity contribution in [2.75, 3.05) is 13.7 Å². The SMILES string of the molecule is CNC(=O)c1cccc(-c2ccc(O[C@]3(C)O[C@H](CO)[C@@H](O)[C@H](O)[C@@]3(O)Cn3cc(CO)nn3)c(C)c2)c1. The van der Waals surface area contributed by atoms with Gasteiger partial charge in [-0.2, -0.15) is 0 Å². The number of aliphatic hydroxyl groups excluding tert-OH is 4. The third-order valence-electron chi connectivity index (χ3n) is 6.85. The van der Waals surface area contributed by atoms with E-state index in [9.17, 15) is 30.3 Å². The summed E-state index contributed by atoms with van der Waals surface area (Å²) in [6, 6.07) is 12.4. The van der Waals surface area contributed by atoms with Gasteiger partial charge in [0.2, 0.25) is 5.79 Å². The number of aryl methyl sites for hydroxylation is 1. The predicted octanol–water partition coefficient (Wildman–Crippen LogP) is -0.255. The Morgan fingerprint density at radius 2 is 1.92 bits per heavy atom. The molecule has 3 aromatic rings. The summed E-state index contributed by atoms with van der Waals surface area (Å²) >= 11 is 0. The monoisotopic (exact) mass is 528 g/mol. The van der Waals surface area contributed by atoms with Gasteiger partial charge in [0, 0.05) is 19.5 Å². The highest BCUT2D eigenvalue weighted by atomic mass is 16.7. The van der Waals surface area contributed by atoms with Crippen LogP contribution in [0.25, 0.3) is 11.1 Å². The molecular weight excluding hydrogens is 496 g/mol. The van der Waals surface area contributed by atoms with Crippen LogP contribution < -0.4 is 10.1 Å². The fourth-order valence-electron chi connectivity index (χ4n) is 4.58. The number of hydrogen-bond donors (Lipinski definition) is 6. The van der Waals surface area contributed by atoms with Crippen LogP contribution in [0, 0.1) is 6.92 Å². The van der Waals surface area contributed by atoms with E-state index in [2.05, 4.69) is 15.6 Å². The number of ether oxygens (including phenoxy) is 2. The van der Waals surface area contributed by atoms with E-state index in [0.29, 0.717) is 16.9 Å². The van der Waals surface area contributed by atoms with Crippen molar-refractivity contribution in [1.29, 1.82) is 0 Å². The van der Waals surface area contributed by atoms with Crippen molar-refractivity contribution < 1.29 is 39.8 Å². The van der Waals surface area contributed by atoms with Gasteiger partial charge in [0.05, 0.1) is 26.0 Å². The molecule has 204 valence electrons. The Balaban J connectivity index is 1.68. The van der Waals surface area contributed by atoms with E-state index < -0.39 is 42.9 Å². The maximum atomic E-state index is 12.0. The number of aromatic nitrogens is 3. The van der Waals surface area contributed by atoms with Gasteiger partial charge in [-0.3, -0.25) is 4.79 Å². The van der Waals surface area contributed by atoms with Crippen LogP contribution in [0.15, 0.2) is 48.7 Å². The van der Waals surface area contributed by atoms with E-state index in [1.807, 2.05) is 12.1 Å². The van der Waals surface area contributed by atoms with Gasteiger partial charge in [0.25, 0.3) is 5.91 Å². The molecule has 0 unspecified atom stereocenters. The molecule has 2 aromatic carbocycles. The van der Waals surface area contributed by atoms with Crippen molar-refractivity contribution in [3.8, 4) is 16.9 Å². The summed E-state index contributed by atoms with van der Waals surface area (Å²) in [4.78, 5) is 12.0. The highest BCUT2D eigenvalue weighted by Gasteiger charge is 2.64. The van der Waals surface area contributed by atoms with Crippen LogP contribution in [-0.2, 0) is 17.9 Å². The molecule has 6 N–H and O–H groups in total. The average Bonchev–Trinajstić information content (AvgIpc) is 3.38. The molecule has 2 heterocycles. The predicted molar refractivity (Wildman–Crippen MR) is 134 cm³/mol. The molecule has 12 heteroatoms. The number of rotatable bonds is 8. The first kappa shape index (κ1) is 27.6. The third-order valence-corrected chi connectivity index (χ3v) is 6.85. The topological polar surface area (TPSA) is 179 Å². The van der Waals surface area contributed by atoms with Crippen LogP contribution in [0.5, 0.6) is 5.75 Å². The molecule has 1 aliphatic rings. The highest BCUT2D eigenvalue weighted by Crippen LogP contribution is 2.42. The molecule has 1 fully saturated rings. The van der Waals surface area contributed by atoms with Crippen molar-refractivity contribution in [2.45, 2.75) is 56.7 Å². The zero-order valence-corrected chi connectivity index (χ0v) is 21.3. The van der Waals surface area contributed by atoms with Crippen LogP contribution in [0.4, 0.5) is 0 Å². The molecule has 1 aromatic heterocycles. The minimum Gasteiger partial charge on any atom is -0.459 e. The molecule has 0 radical (unpaired) electrons. The van der Waals surface area contributed by atoms with E-state index in [4.69, 9.17) is 9.47 Å². The summed E-state index contributed by atoms with van der Waals surface area (Å²) < 4.78 is 13.2. The minimum absolute atomic E-state index is 0.206. The molecular formula is C26H32N4O8. The zero-order valence-electron chi connectivity index (χ0n) is 21.3. The average molecular weight is 529 g/mol.